The van der Waals surface area contributed by atoms with Crippen molar-refractivity contribution in [3.05, 3.63) is 24.0 Å². The molecule has 0 N–H and O–H groups in total. The average Bonchev–Trinajstić information content (AvgIpc) is 2.89. The molecular weight excluding hydrogens is 305 g/mol. The molecule has 0 amide bonds. The molecule has 0 aliphatic heterocycles. The second-order valence-electron chi connectivity index (χ2n) is 3.67. The highest BCUT2D eigenvalue weighted by Gasteiger charge is 2.36. The van der Waals surface area contributed by atoms with Crippen LogP contribution in [0.2, 0.25) is 0 Å². The molecule has 0 aliphatic rings. The Kier molecular flexibility index (Phi) is 4.37. The summed E-state index contributed by atoms with van der Waals surface area (Å²) < 4.78 is 44.2. The summed E-state index contributed by atoms with van der Waals surface area (Å²) in [5, 5.41) is 4.03. The van der Waals surface area contributed by atoms with Gasteiger partial charge in [-0.1, -0.05) is 5.92 Å². The first-order valence-electron chi connectivity index (χ1n) is 5.56. The van der Waals surface area contributed by atoms with Gasteiger partial charge in [0, 0.05) is 12.3 Å². The lowest BCUT2D eigenvalue weighted by Crippen LogP contribution is -2.10. The van der Waals surface area contributed by atoms with Crippen LogP contribution in [0.1, 0.15) is 5.69 Å². The molecule has 9 heteroatoms. The van der Waals surface area contributed by atoms with Crippen LogP contribution in [-0.4, -0.2) is 32.6 Å². The van der Waals surface area contributed by atoms with Gasteiger partial charge in [0.15, 0.2) is 12.3 Å². The number of halogens is 3. The quantitative estimate of drug-likeness (QED) is 0.493. The summed E-state index contributed by atoms with van der Waals surface area (Å²) in [4.78, 5) is 7.98. The van der Waals surface area contributed by atoms with Crippen molar-refractivity contribution in [1.82, 2.24) is 19.7 Å². The standard InChI is InChI=1S/C12H9F3N4OS/c1-3-6-20-10-7-8(12(13,14)15)18-19(10)11-16-5-4-9(17-11)21-2/h1,4-5,7H,6H2,2H3. The van der Waals surface area contributed by atoms with E-state index in [0.717, 1.165) is 10.7 Å². The summed E-state index contributed by atoms with van der Waals surface area (Å²) in [5.74, 6) is 1.98. The lowest BCUT2D eigenvalue weighted by atomic mass is 10.4. The molecule has 0 saturated carbocycles. The molecule has 0 saturated heterocycles. The van der Waals surface area contributed by atoms with Crippen LogP contribution in [0.4, 0.5) is 13.2 Å². The maximum absolute atomic E-state index is 12.7. The summed E-state index contributed by atoms with van der Waals surface area (Å²) in [6.07, 6.45) is 3.65. The third-order valence-corrected chi connectivity index (χ3v) is 2.93. The van der Waals surface area contributed by atoms with Crippen LogP contribution in [0.3, 0.4) is 0 Å². The second kappa shape index (κ2) is 6.05. The van der Waals surface area contributed by atoms with Crippen molar-refractivity contribution in [2.45, 2.75) is 11.2 Å². The molecule has 0 atom stereocenters. The third-order valence-electron chi connectivity index (χ3n) is 2.29. The summed E-state index contributed by atoms with van der Waals surface area (Å²) in [7, 11) is 0. The Morgan fingerprint density at radius 2 is 2.24 bits per heavy atom. The van der Waals surface area contributed by atoms with Crippen LogP contribution < -0.4 is 4.74 Å². The number of ether oxygens (including phenoxy) is 1. The van der Waals surface area contributed by atoms with Crippen molar-refractivity contribution in [2.24, 2.45) is 0 Å². The minimum absolute atomic E-state index is 0.0237. The zero-order valence-corrected chi connectivity index (χ0v) is 11.6. The van der Waals surface area contributed by atoms with Gasteiger partial charge in [0.2, 0.25) is 5.88 Å². The van der Waals surface area contributed by atoms with E-state index in [1.54, 1.807) is 12.3 Å². The fourth-order valence-corrected chi connectivity index (χ4v) is 1.78. The highest BCUT2D eigenvalue weighted by molar-refractivity contribution is 7.98. The van der Waals surface area contributed by atoms with Crippen molar-refractivity contribution in [3.8, 4) is 24.2 Å². The number of aromatic nitrogens is 4. The SMILES string of the molecule is C#CCOc1cc(C(F)(F)F)nn1-c1nccc(SC)n1. The van der Waals surface area contributed by atoms with Crippen LogP contribution in [-0.2, 0) is 6.18 Å². The monoisotopic (exact) mass is 314 g/mol. The number of hydrogen-bond acceptors (Lipinski definition) is 5. The van der Waals surface area contributed by atoms with Crippen LogP contribution in [0.15, 0.2) is 23.4 Å². The van der Waals surface area contributed by atoms with Crippen molar-refractivity contribution in [2.75, 3.05) is 12.9 Å². The van der Waals surface area contributed by atoms with E-state index < -0.39 is 11.9 Å². The Morgan fingerprint density at radius 3 is 2.86 bits per heavy atom. The van der Waals surface area contributed by atoms with Crippen LogP contribution in [0.25, 0.3) is 5.95 Å². The van der Waals surface area contributed by atoms with Gasteiger partial charge in [0.25, 0.3) is 5.95 Å². The molecular formula is C12H9F3N4OS. The van der Waals surface area contributed by atoms with Gasteiger partial charge in [-0.3, -0.25) is 0 Å². The zero-order valence-electron chi connectivity index (χ0n) is 10.8. The highest BCUT2D eigenvalue weighted by Crippen LogP contribution is 2.31. The molecule has 2 rings (SSSR count). The first-order valence-corrected chi connectivity index (χ1v) is 6.79. The van der Waals surface area contributed by atoms with E-state index in [4.69, 9.17) is 11.2 Å². The number of rotatable bonds is 4. The summed E-state index contributed by atoms with van der Waals surface area (Å²) in [6.45, 7) is -0.189. The van der Waals surface area contributed by atoms with Crippen molar-refractivity contribution < 1.29 is 17.9 Å². The molecule has 0 fully saturated rings. The Hall–Kier alpha value is -2.21. The smallest absolute Gasteiger partial charge is 0.435 e. The average molecular weight is 314 g/mol. The number of hydrogen-bond donors (Lipinski definition) is 0. The van der Waals surface area contributed by atoms with Crippen LogP contribution in [0.5, 0.6) is 5.88 Å². The minimum Gasteiger partial charge on any atom is -0.464 e. The largest absolute Gasteiger partial charge is 0.464 e. The normalized spacial score (nSPS) is 11.2. The molecule has 0 radical (unpaired) electrons. The van der Waals surface area contributed by atoms with Gasteiger partial charge in [-0.05, 0) is 12.3 Å². The molecule has 0 bridgehead atoms. The van der Waals surface area contributed by atoms with Crippen LogP contribution in [0, 0.1) is 12.3 Å². The Labute approximate surface area is 122 Å². The van der Waals surface area contributed by atoms with E-state index in [1.165, 1.54) is 18.0 Å². The topological polar surface area (TPSA) is 52.8 Å². The molecule has 2 heterocycles. The minimum atomic E-state index is -4.60. The Balaban J connectivity index is 2.49. The molecule has 0 aliphatic carbocycles. The molecule has 0 unspecified atom stereocenters. The second-order valence-corrected chi connectivity index (χ2v) is 4.50. The fourth-order valence-electron chi connectivity index (χ4n) is 1.41. The predicted molar refractivity (Wildman–Crippen MR) is 70.3 cm³/mol. The van der Waals surface area contributed by atoms with Crippen molar-refractivity contribution >= 4 is 11.8 Å². The van der Waals surface area contributed by atoms with Gasteiger partial charge < -0.3 is 4.74 Å². The highest BCUT2D eigenvalue weighted by atomic mass is 32.2. The van der Waals surface area contributed by atoms with E-state index in [1.807, 2.05) is 0 Å². The molecule has 0 aromatic carbocycles. The number of thioether (sulfide) groups is 1. The van der Waals surface area contributed by atoms with Gasteiger partial charge in [0.05, 0.1) is 0 Å². The van der Waals surface area contributed by atoms with Gasteiger partial charge in [-0.2, -0.15) is 23.0 Å². The number of alkyl halides is 3. The van der Waals surface area contributed by atoms with Gasteiger partial charge in [-0.25, -0.2) is 9.97 Å². The number of terminal acetylenes is 1. The molecule has 0 spiro atoms. The van der Waals surface area contributed by atoms with E-state index in [2.05, 4.69) is 21.0 Å². The predicted octanol–water partition coefficient (Wildman–Crippen LogP) is 2.42. The maximum Gasteiger partial charge on any atom is 0.435 e. The van der Waals surface area contributed by atoms with Gasteiger partial charge >= 0.3 is 6.18 Å². The van der Waals surface area contributed by atoms with Crippen molar-refractivity contribution in [3.63, 3.8) is 0 Å². The van der Waals surface area contributed by atoms with Gasteiger partial charge in [-0.15, -0.1) is 18.2 Å². The van der Waals surface area contributed by atoms with E-state index in [0.29, 0.717) is 5.03 Å². The fraction of sp³-hybridized carbons (Fsp3) is 0.250. The molecule has 5 nitrogen and oxygen atoms in total. The van der Waals surface area contributed by atoms with E-state index in [-0.39, 0.29) is 18.4 Å². The first-order chi connectivity index (χ1) is 9.95. The molecule has 21 heavy (non-hydrogen) atoms. The number of nitrogens with zero attached hydrogens (tertiary/aromatic N) is 4. The Bertz CT molecular complexity index is 678. The first kappa shape index (κ1) is 15.2. The third kappa shape index (κ3) is 3.46. The van der Waals surface area contributed by atoms with E-state index >= 15 is 0 Å². The lowest BCUT2D eigenvalue weighted by molar-refractivity contribution is -0.141. The molecule has 2 aromatic heterocycles. The Morgan fingerprint density at radius 1 is 1.48 bits per heavy atom. The summed E-state index contributed by atoms with van der Waals surface area (Å²) >= 11 is 1.33. The molecule has 110 valence electrons. The van der Waals surface area contributed by atoms with Crippen LogP contribution >= 0.6 is 11.8 Å². The maximum atomic E-state index is 12.7. The summed E-state index contributed by atoms with van der Waals surface area (Å²) in [5.41, 5.74) is -1.10. The van der Waals surface area contributed by atoms with Crippen molar-refractivity contribution in [1.29, 1.82) is 0 Å². The van der Waals surface area contributed by atoms with Gasteiger partial charge in [0.1, 0.15) is 5.03 Å². The zero-order chi connectivity index (χ0) is 15.5. The summed E-state index contributed by atoms with van der Waals surface area (Å²) in [6, 6.07) is 2.39. The van der Waals surface area contributed by atoms with E-state index in [9.17, 15) is 13.2 Å². The molecule has 2 aromatic rings. The lowest BCUT2D eigenvalue weighted by Gasteiger charge is -2.06.